The first-order valence-corrected chi connectivity index (χ1v) is 7.47. The van der Waals surface area contributed by atoms with Gasteiger partial charge in [-0.15, -0.1) is 0 Å². The number of hydrogen-bond acceptors (Lipinski definition) is 3. The van der Waals surface area contributed by atoms with Gasteiger partial charge in [0.2, 0.25) is 0 Å². The normalized spacial score (nSPS) is 10.3. The van der Waals surface area contributed by atoms with Gasteiger partial charge in [0, 0.05) is 12.2 Å². The van der Waals surface area contributed by atoms with E-state index in [-0.39, 0.29) is 6.61 Å². The van der Waals surface area contributed by atoms with Crippen LogP contribution in [0.1, 0.15) is 5.56 Å². The molecule has 0 atom stereocenters. The molecule has 0 unspecified atom stereocenters. The monoisotopic (exact) mass is 358 g/mol. The molecule has 0 aliphatic rings. The molecule has 2 rings (SSSR count). The second-order valence-corrected chi connectivity index (χ2v) is 5.72. The van der Waals surface area contributed by atoms with Gasteiger partial charge in [0.05, 0.1) is 15.1 Å². The summed E-state index contributed by atoms with van der Waals surface area (Å²) < 4.78 is 5.19. The summed E-state index contributed by atoms with van der Waals surface area (Å²) in [6.07, 6.45) is 0. The van der Waals surface area contributed by atoms with Crippen molar-refractivity contribution in [1.29, 1.82) is 0 Å². The third-order valence-electron chi connectivity index (χ3n) is 2.78. The van der Waals surface area contributed by atoms with Crippen molar-refractivity contribution >= 4 is 46.4 Å². The van der Waals surface area contributed by atoms with Crippen molar-refractivity contribution in [2.24, 2.45) is 5.73 Å². The van der Waals surface area contributed by atoms with Crippen LogP contribution in [0.15, 0.2) is 36.4 Å². The lowest BCUT2D eigenvalue weighted by Gasteiger charge is -2.10. The topological polar surface area (TPSA) is 64.4 Å². The fraction of sp³-hybridized carbons (Fsp3) is 0.133. The van der Waals surface area contributed by atoms with E-state index in [0.29, 0.717) is 27.4 Å². The van der Waals surface area contributed by atoms with Gasteiger partial charge in [0.25, 0.3) is 5.91 Å². The Morgan fingerprint density at radius 1 is 1.05 bits per heavy atom. The van der Waals surface area contributed by atoms with Crippen LogP contribution in [0, 0.1) is 0 Å². The predicted molar refractivity (Wildman–Crippen MR) is 89.9 cm³/mol. The van der Waals surface area contributed by atoms with Gasteiger partial charge in [-0.3, -0.25) is 4.79 Å². The smallest absolute Gasteiger partial charge is 0.255 e. The molecule has 0 spiro atoms. The Morgan fingerprint density at radius 2 is 1.82 bits per heavy atom. The molecule has 1 amide bonds. The third kappa shape index (κ3) is 4.70. The zero-order chi connectivity index (χ0) is 16.1. The summed E-state index contributed by atoms with van der Waals surface area (Å²) in [6, 6.07) is 10.6. The Morgan fingerprint density at radius 3 is 2.45 bits per heavy atom. The summed E-state index contributed by atoms with van der Waals surface area (Å²) in [5, 5.41) is 4.61. The summed E-state index contributed by atoms with van der Waals surface area (Å²) in [7, 11) is 0. The minimum absolute atomic E-state index is 0.208. The van der Waals surface area contributed by atoms with Crippen molar-refractivity contribution in [3.05, 3.63) is 57.0 Å². The first-order chi connectivity index (χ1) is 10.5. The zero-order valence-electron chi connectivity index (χ0n) is 11.4. The molecule has 0 aromatic heterocycles. The Balaban J connectivity index is 1.99. The highest BCUT2D eigenvalue weighted by Gasteiger charge is 2.05. The van der Waals surface area contributed by atoms with E-state index in [1.54, 1.807) is 24.3 Å². The minimum atomic E-state index is -0.554. The molecule has 2 aromatic carbocycles. The van der Waals surface area contributed by atoms with Crippen molar-refractivity contribution in [2.75, 3.05) is 11.9 Å². The molecular weight excluding hydrogens is 347 g/mol. The standard InChI is InChI=1S/C15H13Cl3N2O2/c16-11-3-2-10(6-12(11)17)20-7-9-1-4-14(13(18)5-9)22-8-15(19)21/h1-6,20H,7-8H2,(H2,19,21). The summed E-state index contributed by atoms with van der Waals surface area (Å²) >= 11 is 17.9. The molecule has 4 nitrogen and oxygen atoms in total. The maximum atomic E-state index is 10.7. The Hall–Kier alpha value is -1.62. The number of nitrogens with one attached hydrogen (secondary N) is 1. The van der Waals surface area contributed by atoms with E-state index in [4.69, 9.17) is 45.3 Å². The number of rotatable bonds is 6. The lowest BCUT2D eigenvalue weighted by Crippen LogP contribution is -2.20. The molecule has 2 aromatic rings. The Bertz CT molecular complexity index is 692. The molecule has 0 aliphatic heterocycles. The van der Waals surface area contributed by atoms with Gasteiger partial charge in [-0.1, -0.05) is 40.9 Å². The van der Waals surface area contributed by atoms with E-state index in [1.165, 1.54) is 0 Å². The van der Waals surface area contributed by atoms with Gasteiger partial charge >= 0.3 is 0 Å². The van der Waals surface area contributed by atoms with Gasteiger partial charge in [0.15, 0.2) is 6.61 Å². The second-order valence-electron chi connectivity index (χ2n) is 4.50. The molecular formula is C15H13Cl3N2O2. The van der Waals surface area contributed by atoms with E-state index >= 15 is 0 Å². The average molecular weight is 360 g/mol. The number of benzene rings is 2. The Kier molecular flexibility index (Phi) is 5.77. The van der Waals surface area contributed by atoms with Crippen LogP contribution in [-0.2, 0) is 11.3 Å². The van der Waals surface area contributed by atoms with Crippen LogP contribution in [0.25, 0.3) is 0 Å². The van der Waals surface area contributed by atoms with Crippen molar-refractivity contribution in [3.8, 4) is 5.75 Å². The fourth-order valence-corrected chi connectivity index (χ4v) is 2.29. The largest absolute Gasteiger partial charge is 0.482 e. The molecule has 22 heavy (non-hydrogen) atoms. The number of primary amides is 1. The summed E-state index contributed by atoms with van der Waals surface area (Å²) in [4.78, 5) is 10.7. The lowest BCUT2D eigenvalue weighted by molar-refractivity contribution is -0.119. The van der Waals surface area contributed by atoms with Gasteiger partial charge < -0.3 is 15.8 Å². The SMILES string of the molecule is NC(=O)COc1ccc(CNc2ccc(Cl)c(Cl)c2)cc1Cl. The highest BCUT2D eigenvalue weighted by molar-refractivity contribution is 6.42. The quantitative estimate of drug-likeness (QED) is 0.815. The lowest BCUT2D eigenvalue weighted by atomic mass is 10.2. The van der Waals surface area contributed by atoms with Gasteiger partial charge in [-0.05, 0) is 35.9 Å². The van der Waals surface area contributed by atoms with E-state index < -0.39 is 5.91 Å². The summed E-state index contributed by atoms with van der Waals surface area (Å²) in [5.74, 6) is -0.139. The number of carbonyl (C=O) groups excluding carboxylic acids is 1. The number of hydrogen-bond donors (Lipinski definition) is 2. The van der Waals surface area contributed by atoms with Crippen LogP contribution in [0.5, 0.6) is 5.75 Å². The van der Waals surface area contributed by atoms with E-state index in [0.717, 1.165) is 11.3 Å². The van der Waals surface area contributed by atoms with Crippen molar-refractivity contribution in [1.82, 2.24) is 0 Å². The van der Waals surface area contributed by atoms with Crippen LogP contribution in [0.4, 0.5) is 5.69 Å². The zero-order valence-corrected chi connectivity index (χ0v) is 13.7. The highest BCUT2D eigenvalue weighted by atomic mass is 35.5. The van der Waals surface area contributed by atoms with Crippen molar-refractivity contribution < 1.29 is 9.53 Å². The number of anilines is 1. The maximum absolute atomic E-state index is 10.7. The number of halogens is 3. The number of carbonyl (C=O) groups is 1. The predicted octanol–water partition coefficient (Wildman–Crippen LogP) is 4.12. The van der Waals surface area contributed by atoms with E-state index in [2.05, 4.69) is 5.32 Å². The molecule has 0 heterocycles. The van der Waals surface area contributed by atoms with E-state index in [1.807, 2.05) is 12.1 Å². The molecule has 3 N–H and O–H groups in total. The van der Waals surface area contributed by atoms with Crippen LogP contribution in [0.3, 0.4) is 0 Å². The molecule has 0 saturated heterocycles. The minimum Gasteiger partial charge on any atom is -0.482 e. The first kappa shape index (κ1) is 16.7. The van der Waals surface area contributed by atoms with Crippen LogP contribution >= 0.6 is 34.8 Å². The molecule has 0 aliphatic carbocycles. The number of ether oxygens (including phenoxy) is 1. The molecule has 0 fully saturated rings. The van der Waals surface area contributed by atoms with Crippen LogP contribution < -0.4 is 15.8 Å². The molecule has 7 heteroatoms. The van der Waals surface area contributed by atoms with Crippen LogP contribution in [0.2, 0.25) is 15.1 Å². The third-order valence-corrected chi connectivity index (χ3v) is 3.82. The van der Waals surface area contributed by atoms with Crippen molar-refractivity contribution in [2.45, 2.75) is 6.54 Å². The fourth-order valence-electron chi connectivity index (χ4n) is 1.73. The Labute approximate surface area is 143 Å². The second kappa shape index (κ2) is 7.58. The number of amides is 1. The molecule has 116 valence electrons. The number of nitrogens with two attached hydrogens (primary N) is 1. The van der Waals surface area contributed by atoms with Crippen LogP contribution in [-0.4, -0.2) is 12.5 Å². The summed E-state index contributed by atoms with van der Waals surface area (Å²) in [6.45, 7) is 0.342. The van der Waals surface area contributed by atoms with E-state index in [9.17, 15) is 4.79 Å². The molecule has 0 bridgehead atoms. The first-order valence-electron chi connectivity index (χ1n) is 6.34. The maximum Gasteiger partial charge on any atom is 0.255 e. The average Bonchev–Trinajstić information content (AvgIpc) is 2.47. The van der Waals surface area contributed by atoms with Gasteiger partial charge in [0.1, 0.15) is 5.75 Å². The van der Waals surface area contributed by atoms with Gasteiger partial charge in [-0.2, -0.15) is 0 Å². The van der Waals surface area contributed by atoms with Crippen molar-refractivity contribution in [3.63, 3.8) is 0 Å². The molecule has 0 radical (unpaired) electrons. The van der Waals surface area contributed by atoms with Gasteiger partial charge in [-0.25, -0.2) is 0 Å². The molecule has 0 saturated carbocycles. The highest BCUT2D eigenvalue weighted by Crippen LogP contribution is 2.27. The summed E-state index contributed by atoms with van der Waals surface area (Å²) in [5.41, 5.74) is 6.81.